The molecule has 0 aliphatic carbocycles. The van der Waals surface area contributed by atoms with Crippen LogP contribution < -0.4 is 5.32 Å². The number of nitrogens with one attached hydrogen (secondary N) is 2. The molecule has 2 heterocycles. The van der Waals surface area contributed by atoms with Gasteiger partial charge in [-0.2, -0.15) is 0 Å². The monoisotopic (exact) mass is 375 g/mol. The molecule has 2 aromatic rings. The van der Waals surface area contributed by atoms with E-state index in [2.05, 4.69) is 29.0 Å². The summed E-state index contributed by atoms with van der Waals surface area (Å²) < 4.78 is 18.8. The number of hydrogen-bond donors (Lipinski definition) is 2. The number of likely N-dealkylation sites (tertiary alicyclic amines) is 1. The van der Waals surface area contributed by atoms with Gasteiger partial charge in [0.15, 0.2) is 0 Å². The molecule has 1 aliphatic rings. The molecule has 3 rings (SSSR count). The number of anilines is 1. The highest BCUT2D eigenvalue weighted by molar-refractivity contribution is 6.11. The molecule has 27 heavy (non-hydrogen) atoms. The van der Waals surface area contributed by atoms with Crippen molar-refractivity contribution in [1.82, 2.24) is 9.88 Å². The first-order chi connectivity index (χ1) is 12.9. The van der Waals surface area contributed by atoms with Gasteiger partial charge in [-0.15, -0.1) is 0 Å². The number of fused-ring (bicyclic) bond motifs is 1. The molecule has 0 bridgehead atoms. The van der Waals surface area contributed by atoms with Crippen molar-refractivity contribution in [1.29, 1.82) is 0 Å². The Hall–Kier alpha value is -2.41. The highest BCUT2D eigenvalue weighted by Gasteiger charge is 2.25. The van der Waals surface area contributed by atoms with Gasteiger partial charge in [-0.25, -0.2) is 9.18 Å². The Morgan fingerprint density at radius 1 is 1.30 bits per heavy atom. The molecule has 1 aromatic heterocycles. The maximum atomic E-state index is 13.7. The Balaban J connectivity index is 1.83. The van der Waals surface area contributed by atoms with E-state index in [1.165, 1.54) is 18.2 Å². The van der Waals surface area contributed by atoms with Crippen molar-refractivity contribution in [2.24, 2.45) is 11.8 Å². The Labute approximate surface area is 158 Å². The molecule has 0 saturated carbocycles. The molecule has 2 atom stereocenters. The van der Waals surface area contributed by atoms with Gasteiger partial charge in [-0.1, -0.05) is 13.8 Å². The zero-order valence-electron chi connectivity index (χ0n) is 16.0. The number of esters is 1. The summed E-state index contributed by atoms with van der Waals surface area (Å²) in [4.78, 5) is 30.0. The van der Waals surface area contributed by atoms with Gasteiger partial charge in [0.2, 0.25) is 5.91 Å². The molecular formula is C20H26FN3O3. The highest BCUT2D eigenvalue weighted by Crippen LogP contribution is 2.29. The third kappa shape index (κ3) is 4.47. The molecule has 1 aromatic carbocycles. The van der Waals surface area contributed by atoms with E-state index in [1.807, 2.05) is 0 Å². The molecule has 1 fully saturated rings. The highest BCUT2D eigenvalue weighted by atomic mass is 19.1. The number of piperidine rings is 1. The third-order valence-electron chi connectivity index (χ3n) is 4.82. The molecule has 6 nitrogen and oxygen atoms in total. The molecule has 1 amide bonds. The number of amides is 1. The maximum absolute atomic E-state index is 13.7. The standard InChI is InChI=1S/C20H26FN3O3/c1-4-27-20(26)19-18(15-8-14(21)5-6-16(15)22-19)23-17(25)11-24-9-12(2)7-13(3)10-24/h5-6,8,12-13,22H,4,7,9-11H2,1-3H3,(H,23,25)/t12-,13-/m0/s1. The minimum absolute atomic E-state index is 0.131. The third-order valence-corrected chi connectivity index (χ3v) is 4.82. The fourth-order valence-corrected chi connectivity index (χ4v) is 3.95. The minimum Gasteiger partial charge on any atom is -0.461 e. The van der Waals surface area contributed by atoms with Crippen molar-refractivity contribution in [2.45, 2.75) is 27.2 Å². The van der Waals surface area contributed by atoms with E-state index < -0.39 is 11.8 Å². The van der Waals surface area contributed by atoms with Crippen LogP contribution in [0.25, 0.3) is 10.9 Å². The fraction of sp³-hybridized carbons (Fsp3) is 0.500. The number of hydrogen-bond acceptors (Lipinski definition) is 4. The number of benzene rings is 1. The molecule has 1 aliphatic heterocycles. The van der Waals surface area contributed by atoms with Gasteiger partial charge in [-0.05, 0) is 43.4 Å². The topological polar surface area (TPSA) is 74.4 Å². The van der Waals surface area contributed by atoms with E-state index in [4.69, 9.17) is 4.74 Å². The molecule has 0 unspecified atom stereocenters. The molecule has 0 radical (unpaired) electrons. The van der Waals surface area contributed by atoms with Crippen molar-refractivity contribution < 1.29 is 18.7 Å². The van der Waals surface area contributed by atoms with Crippen LogP contribution in [-0.2, 0) is 9.53 Å². The second kappa shape index (κ2) is 8.08. The molecule has 1 saturated heterocycles. The van der Waals surface area contributed by atoms with Crippen LogP contribution in [0.3, 0.4) is 0 Å². The summed E-state index contributed by atoms with van der Waals surface area (Å²) in [7, 11) is 0. The SMILES string of the molecule is CCOC(=O)c1[nH]c2ccc(F)cc2c1NC(=O)CN1C[C@@H](C)C[C@H](C)C1. The van der Waals surface area contributed by atoms with Crippen molar-refractivity contribution in [2.75, 3.05) is 31.6 Å². The minimum atomic E-state index is -0.579. The van der Waals surface area contributed by atoms with Gasteiger partial charge < -0.3 is 15.0 Å². The van der Waals surface area contributed by atoms with Gasteiger partial charge in [0, 0.05) is 24.0 Å². The average molecular weight is 375 g/mol. The molecule has 2 N–H and O–H groups in total. The number of aromatic amines is 1. The Bertz CT molecular complexity index is 838. The number of halogens is 1. The summed E-state index contributed by atoms with van der Waals surface area (Å²) in [6, 6.07) is 4.14. The lowest BCUT2D eigenvalue weighted by molar-refractivity contribution is -0.117. The predicted molar refractivity (Wildman–Crippen MR) is 102 cm³/mol. The number of nitrogens with zero attached hydrogens (tertiary/aromatic N) is 1. The van der Waals surface area contributed by atoms with Crippen LogP contribution in [0.1, 0.15) is 37.7 Å². The fourth-order valence-electron chi connectivity index (χ4n) is 3.95. The zero-order valence-corrected chi connectivity index (χ0v) is 16.0. The van der Waals surface area contributed by atoms with Crippen LogP contribution in [0.2, 0.25) is 0 Å². The number of carbonyl (C=O) groups excluding carboxylic acids is 2. The van der Waals surface area contributed by atoms with Crippen LogP contribution in [0.15, 0.2) is 18.2 Å². The Morgan fingerprint density at radius 3 is 2.67 bits per heavy atom. The molecule has 7 heteroatoms. The van der Waals surface area contributed by atoms with Gasteiger partial charge >= 0.3 is 5.97 Å². The number of ether oxygens (including phenoxy) is 1. The largest absolute Gasteiger partial charge is 0.461 e. The van der Waals surface area contributed by atoms with E-state index in [0.717, 1.165) is 19.5 Å². The Morgan fingerprint density at radius 2 is 2.00 bits per heavy atom. The zero-order chi connectivity index (χ0) is 19.6. The van der Waals surface area contributed by atoms with E-state index in [-0.39, 0.29) is 30.4 Å². The van der Waals surface area contributed by atoms with Crippen LogP contribution in [0.4, 0.5) is 10.1 Å². The normalized spacial score (nSPS) is 20.6. The van der Waals surface area contributed by atoms with Gasteiger partial charge in [0.05, 0.1) is 18.8 Å². The first kappa shape index (κ1) is 19.4. The van der Waals surface area contributed by atoms with Crippen LogP contribution in [0.5, 0.6) is 0 Å². The van der Waals surface area contributed by atoms with Crippen molar-refractivity contribution >= 4 is 28.5 Å². The summed E-state index contributed by atoms with van der Waals surface area (Å²) in [6.45, 7) is 8.25. The number of aromatic nitrogens is 1. The lowest BCUT2D eigenvalue weighted by atomic mass is 9.92. The van der Waals surface area contributed by atoms with Crippen molar-refractivity contribution in [3.63, 3.8) is 0 Å². The smallest absolute Gasteiger partial charge is 0.356 e. The first-order valence-corrected chi connectivity index (χ1v) is 9.38. The molecule has 146 valence electrons. The second-order valence-corrected chi connectivity index (χ2v) is 7.47. The van der Waals surface area contributed by atoms with Gasteiger partial charge in [0.25, 0.3) is 0 Å². The lowest BCUT2D eigenvalue weighted by Crippen LogP contribution is -2.42. The summed E-state index contributed by atoms with van der Waals surface area (Å²) in [5.41, 5.74) is 0.965. The van der Waals surface area contributed by atoms with Gasteiger partial charge in [-0.3, -0.25) is 9.69 Å². The number of rotatable bonds is 5. The van der Waals surface area contributed by atoms with E-state index in [0.29, 0.717) is 22.7 Å². The lowest BCUT2D eigenvalue weighted by Gasteiger charge is -2.34. The summed E-state index contributed by atoms with van der Waals surface area (Å²) in [5.74, 6) is -0.166. The predicted octanol–water partition coefficient (Wildman–Crippen LogP) is 3.40. The second-order valence-electron chi connectivity index (χ2n) is 7.47. The van der Waals surface area contributed by atoms with Crippen LogP contribution in [-0.4, -0.2) is 48.0 Å². The Kier molecular flexibility index (Phi) is 5.79. The summed E-state index contributed by atoms with van der Waals surface area (Å²) in [5, 5.41) is 3.25. The van der Waals surface area contributed by atoms with Gasteiger partial charge in [0.1, 0.15) is 11.5 Å². The van der Waals surface area contributed by atoms with Crippen molar-refractivity contribution in [3.05, 3.63) is 29.7 Å². The van der Waals surface area contributed by atoms with E-state index >= 15 is 0 Å². The molecule has 0 spiro atoms. The van der Waals surface area contributed by atoms with E-state index in [1.54, 1.807) is 6.92 Å². The van der Waals surface area contributed by atoms with E-state index in [9.17, 15) is 14.0 Å². The summed E-state index contributed by atoms with van der Waals surface area (Å²) >= 11 is 0. The van der Waals surface area contributed by atoms with Crippen LogP contribution in [0, 0.1) is 17.7 Å². The van der Waals surface area contributed by atoms with Crippen LogP contribution >= 0.6 is 0 Å². The first-order valence-electron chi connectivity index (χ1n) is 9.38. The number of H-pyrrole nitrogens is 1. The van der Waals surface area contributed by atoms with Crippen molar-refractivity contribution in [3.8, 4) is 0 Å². The average Bonchev–Trinajstić information content (AvgIpc) is 2.92. The number of carbonyl (C=O) groups is 2. The summed E-state index contributed by atoms with van der Waals surface area (Å²) in [6.07, 6.45) is 1.16. The quantitative estimate of drug-likeness (QED) is 0.786. The maximum Gasteiger partial charge on any atom is 0.356 e. The molecular weight excluding hydrogens is 349 g/mol.